The number of rotatable bonds is 6. The average molecular weight is 438 g/mol. The van der Waals surface area contributed by atoms with Crippen molar-refractivity contribution in [2.45, 2.75) is 19.4 Å². The summed E-state index contributed by atoms with van der Waals surface area (Å²) in [5.74, 6) is 1.13. The van der Waals surface area contributed by atoms with Crippen LogP contribution in [0.3, 0.4) is 0 Å². The van der Waals surface area contributed by atoms with Crippen molar-refractivity contribution in [3.8, 4) is 17.3 Å². The second kappa shape index (κ2) is 8.00. The Morgan fingerprint density at radius 3 is 2.59 bits per heavy atom. The number of nitrogens with two attached hydrogens (primary N) is 2. The molecular weight excluding hydrogens is 410 g/mol. The van der Waals surface area contributed by atoms with E-state index >= 15 is 0 Å². The highest BCUT2D eigenvalue weighted by Crippen LogP contribution is 2.37. The van der Waals surface area contributed by atoms with Crippen LogP contribution in [-0.4, -0.2) is 57.2 Å². The van der Waals surface area contributed by atoms with E-state index in [1.807, 2.05) is 43.2 Å². The minimum Gasteiger partial charge on any atom is -0.479 e. The lowest BCUT2D eigenvalue weighted by Crippen LogP contribution is -2.46. The largest absolute Gasteiger partial charge is 0.479 e. The summed E-state index contributed by atoms with van der Waals surface area (Å²) >= 11 is 0. The molecule has 0 saturated carbocycles. The van der Waals surface area contributed by atoms with Crippen LogP contribution < -0.4 is 21.1 Å². The number of aryl methyl sites for hydroxylation is 1. The van der Waals surface area contributed by atoms with Gasteiger partial charge in [-0.25, -0.2) is 14.7 Å². The summed E-state index contributed by atoms with van der Waals surface area (Å²) in [6.45, 7) is 4.55. The fourth-order valence-corrected chi connectivity index (χ4v) is 3.54. The van der Waals surface area contributed by atoms with Gasteiger partial charge in [-0.3, -0.25) is 4.90 Å². The number of hydrogen-bond acceptors (Lipinski definition) is 10. The van der Waals surface area contributed by atoms with Crippen molar-refractivity contribution in [2.75, 3.05) is 25.7 Å². The molecule has 0 unspecified atom stereocenters. The zero-order valence-corrected chi connectivity index (χ0v) is 18.8. The monoisotopic (exact) mass is 437 g/mol. The molecule has 4 N–H and O–H groups in total. The van der Waals surface area contributed by atoms with Gasteiger partial charge in [0.05, 0.1) is 36.8 Å². The molecular formula is C21H27N9O2. The van der Waals surface area contributed by atoms with Crippen LogP contribution in [0.5, 0.6) is 5.88 Å². The third kappa shape index (κ3) is 3.66. The van der Waals surface area contributed by atoms with E-state index in [-0.39, 0.29) is 5.96 Å². The molecule has 168 valence electrons. The van der Waals surface area contributed by atoms with Gasteiger partial charge in [-0.2, -0.15) is 0 Å². The first-order valence-corrected chi connectivity index (χ1v) is 9.99. The van der Waals surface area contributed by atoms with Crippen molar-refractivity contribution >= 4 is 11.6 Å². The number of ether oxygens (including phenoxy) is 2. The number of anilines is 1. The van der Waals surface area contributed by atoms with Crippen molar-refractivity contribution in [1.82, 2.24) is 24.9 Å². The predicted octanol–water partition coefficient (Wildman–Crippen LogP) is 1.29. The molecule has 32 heavy (non-hydrogen) atoms. The molecule has 0 spiro atoms. The van der Waals surface area contributed by atoms with Crippen LogP contribution in [-0.2, 0) is 11.8 Å². The van der Waals surface area contributed by atoms with Crippen LogP contribution in [0.2, 0.25) is 0 Å². The number of pyridine rings is 1. The molecule has 0 bridgehead atoms. The zero-order valence-electron chi connectivity index (χ0n) is 18.8. The maximum absolute atomic E-state index is 6.63. The van der Waals surface area contributed by atoms with Gasteiger partial charge < -0.3 is 25.8 Å². The number of nitrogens with zero attached hydrogens (tertiary/aromatic N) is 7. The van der Waals surface area contributed by atoms with E-state index in [4.69, 9.17) is 20.9 Å². The Kier molecular flexibility index (Phi) is 5.35. The molecule has 0 aromatic carbocycles. The Labute approximate surface area is 186 Å². The van der Waals surface area contributed by atoms with E-state index in [0.29, 0.717) is 35.3 Å². The number of hydrogen-bond donors (Lipinski definition) is 2. The third-order valence-electron chi connectivity index (χ3n) is 5.40. The van der Waals surface area contributed by atoms with Crippen LogP contribution in [0.4, 0.5) is 5.69 Å². The molecule has 4 heterocycles. The number of methoxy groups -OCH3 is 2. The number of aliphatic imine (C=N–C) groups is 1. The zero-order chi connectivity index (χ0) is 23.0. The van der Waals surface area contributed by atoms with E-state index < -0.39 is 5.60 Å². The highest BCUT2D eigenvalue weighted by Gasteiger charge is 2.33. The summed E-state index contributed by atoms with van der Waals surface area (Å²) in [6.07, 6.45) is 7.18. The summed E-state index contributed by atoms with van der Waals surface area (Å²) < 4.78 is 12.8. The van der Waals surface area contributed by atoms with Gasteiger partial charge in [0.1, 0.15) is 17.2 Å². The van der Waals surface area contributed by atoms with Crippen molar-refractivity contribution in [3.05, 3.63) is 53.9 Å². The van der Waals surface area contributed by atoms with Crippen LogP contribution in [0.1, 0.15) is 13.8 Å². The predicted molar refractivity (Wildman–Crippen MR) is 121 cm³/mol. The highest BCUT2D eigenvalue weighted by molar-refractivity contribution is 6.02. The molecule has 4 rings (SSSR count). The molecule has 2 aromatic heterocycles. The molecule has 0 amide bonds. The molecule has 0 radical (unpaired) electrons. The van der Waals surface area contributed by atoms with Crippen molar-refractivity contribution in [1.29, 1.82) is 0 Å². The molecule has 2 aliphatic rings. The summed E-state index contributed by atoms with van der Waals surface area (Å²) in [5.41, 5.74) is 16.1. The Bertz CT molecular complexity index is 1160. The van der Waals surface area contributed by atoms with Gasteiger partial charge in [-0.15, -0.1) is 5.10 Å². The van der Waals surface area contributed by atoms with Crippen LogP contribution in [0.15, 0.2) is 58.9 Å². The number of guanidine groups is 1. The molecule has 0 saturated heterocycles. The minimum absolute atomic E-state index is 0.253. The van der Waals surface area contributed by atoms with Gasteiger partial charge in [0.25, 0.3) is 0 Å². The molecule has 0 aliphatic carbocycles. The smallest absolute Gasteiger partial charge is 0.238 e. The quantitative estimate of drug-likeness (QED) is 0.685. The summed E-state index contributed by atoms with van der Waals surface area (Å²) in [5, 5.41) is 7.88. The number of fused-ring (bicyclic) bond motifs is 1. The Morgan fingerprint density at radius 2 is 1.94 bits per heavy atom. The lowest BCUT2D eigenvalue weighted by atomic mass is 10.0. The van der Waals surface area contributed by atoms with Crippen LogP contribution in [0.25, 0.3) is 11.4 Å². The fourth-order valence-electron chi connectivity index (χ4n) is 3.54. The van der Waals surface area contributed by atoms with Gasteiger partial charge in [-0.1, -0.05) is 5.21 Å². The number of aromatic nitrogens is 4. The highest BCUT2D eigenvalue weighted by atomic mass is 16.5. The molecule has 0 atom stereocenters. The Morgan fingerprint density at radius 1 is 1.16 bits per heavy atom. The molecule has 2 aliphatic heterocycles. The maximum atomic E-state index is 6.63. The minimum atomic E-state index is -0.409. The SMILES string of the molecule is COc1nc(-c2cnnn2C)ccc1N1C(N)=NC=C2C=CN(CC(C)(C)OC)C(N)=C21. The van der Waals surface area contributed by atoms with Crippen molar-refractivity contribution in [3.63, 3.8) is 0 Å². The van der Waals surface area contributed by atoms with Crippen LogP contribution in [0, 0.1) is 0 Å². The lowest BCUT2D eigenvalue weighted by Gasteiger charge is -2.38. The molecule has 11 nitrogen and oxygen atoms in total. The van der Waals surface area contributed by atoms with Crippen molar-refractivity contribution in [2.24, 2.45) is 23.5 Å². The van der Waals surface area contributed by atoms with Gasteiger partial charge >= 0.3 is 0 Å². The standard InChI is InChI=1S/C21H27N9O2/c1-21(2,32-5)12-29-9-8-13-10-24-20(23)30(17(13)18(29)22)15-7-6-14(26-19(15)31-4)16-11-25-27-28(16)3/h6-11H,12,22H2,1-5H3,(H2,23,24). The first-order valence-electron chi connectivity index (χ1n) is 9.99. The van der Waals surface area contributed by atoms with Crippen LogP contribution >= 0.6 is 0 Å². The van der Waals surface area contributed by atoms with E-state index in [2.05, 4.69) is 20.3 Å². The topological polar surface area (TPSA) is 133 Å². The second-order valence-corrected chi connectivity index (χ2v) is 8.02. The van der Waals surface area contributed by atoms with Crippen molar-refractivity contribution < 1.29 is 9.47 Å². The molecule has 11 heteroatoms. The fraction of sp³-hybridized carbons (Fsp3) is 0.333. The van der Waals surface area contributed by atoms with E-state index in [0.717, 1.165) is 11.3 Å². The van der Waals surface area contributed by atoms with Gasteiger partial charge in [-0.05, 0) is 32.1 Å². The Balaban J connectivity index is 1.79. The summed E-state index contributed by atoms with van der Waals surface area (Å²) in [4.78, 5) is 12.7. The van der Waals surface area contributed by atoms with E-state index in [1.54, 1.807) is 43.2 Å². The lowest BCUT2D eigenvalue weighted by molar-refractivity contribution is 0.00703. The molecule has 2 aromatic rings. The first kappa shape index (κ1) is 21.4. The van der Waals surface area contributed by atoms with E-state index in [9.17, 15) is 0 Å². The second-order valence-electron chi connectivity index (χ2n) is 8.02. The average Bonchev–Trinajstić information content (AvgIpc) is 3.21. The third-order valence-corrected chi connectivity index (χ3v) is 5.40. The van der Waals surface area contributed by atoms with Gasteiger partial charge in [0.15, 0.2) is 0 Å². The van der Waals surface area contributed by atoms with E-state index in [1.165, 1.54) is 0 Å². The van der Waals surface area contributed by atoms with Gasteiger partial charge in [0, 0.05) is 32.1 Å². The first-order chi connectivity index (χ1) is 15.3. The summed E-state index contributed by atoms with van der Waals surface area (Å²) in [7, 11) is 5.03. The maximum Gasteiger partial charge on any atom is 0.238 e. The summed E-state index contributed by atoms with van der Waals surface area (Å²) in [6, 6.07) is 3.71. The number of allylic oxidation sites excluding steroid dienone is 1. The van der Waals surface area contributed by atoms with Gasteiger partial charge in [0.2, 0.25) is 11.8 Å². The Hall–Kier alpha value is -3.86. The molecule has 0 fully saturated rings. The normalized spacial score (nSPS) is 16.2.